The van der Waals surface area contributed by atoms with E-state index in [1.54, 1.807) is 6.07 Å². The predicted octanol–water partition coefficient (Wildman–Crippen LogP) is 2.80. The van der Waals surface area contributed by atoms with Gasteiger partial charge in [0.25, 0.3) is 0 Å². The van der Waals surface area contributed by atoms with Crippen LogP contribution in [-0.2, 0) is 12.8 Å². The minimum absolute atomic E-state index is 0.368. The van der Waals surface area contributed by atoms with Crippen molar-refractivity contribution >= 4 is 5.88 Å². The first-order valence-electron chi connectivity index (χ1n) is 5.67. The van der Waals surface area contributed by atoms with E-state index in [2.05, 4.69) is 23.4 Å². The molecule has 0 saturated heterocycles. The molecule has 1 aliphatic carbocycles. The lowest BCUT2D eigenvalue weighted by molar-refractivity contribution is 0.439. The molecule has 0 fully saturated rings. The summed E-state index contributed by atoms with van der Waals surface area (Å²) in [6.07, 6.45) is 4.98. The maximum Gasteiger partial charge on any atom is 0.222 e. The number of hydrogen-bond acceptors (Lipinski definition) is 3. The monoisotopic (exact) mass is 214 g/mol. The number of aryl methyl sites for hydroxylation is 2. The van der Waals surface area contributed by atoms with Gasteiger partial charge in [0.1, 0.15) is 5.69 Å². The molecule has 0 radical (unpaired) electrons. The molecule has 1 aromatic carbocycles. The smallest absolute Gasteiger partial charge is 0.222 e. The Bertz CT molecular complexity index is 516. The van der Waals surface area contributed by atoms with E-state index in [1.807, 2.05) is 0 Å². The molecular formula is C13H14N2O. The van der Waals surface area contributed by atoms with Crippen molar-refractivity contribution in [2.45, 2.75) is 25.7 Å². The van der Waals surface area contributed by atoms with Crippen LogP contribution in [0.25, 0.3) is 11.3 Å². The van der Waals surface area contributed by atoms with Gasteiger partial charge in [0.05, 0.1) is 0 Å². The molecular weight excluding hydrogens is 200 g/mol. The summed E-state index contributed by atoms with van der Waals surface area (Å²) in [7, 11) is 0. The lowest BCUT2D eigenvalue weighted by Crippen LogP contribution is -2.02. The number of fused-ring (bicyclic) bond motifs is 1. The molecule has 2 N–H and O–H groups in total. The van der Waals surface area contributed by atoms with E-state index in [-0.39, 0.29) is 0 Å². The van der Waals surface area contributed by atoms with Crippen LogP contribution in [-0.4, -0.2) is 5.16 Å². The molecule has 82 valence electrons. The second-order valence-corrected chi connectivity index (χ2v) is 4.31. The minimum atomic E-state index is 0.368. The Kier molecular flexibility index (Phi) is 2.17. The first-order valence-corrected chi connectivity index (χ1v) is 5.67. The highest BCUT2D eigenvalue weighted by molar-refractivity contribution is 5.63. The number of rotatable bonds is 1. The quantitative estimate of drug-likeness (QED) is 0.794. The summed E-state index contributed by atoms with van der Waals surface area (Å²) < 4.78 is 4.89. The number of nitrogens with two attached hydrogens (primary N) is 1. The largest absolute Gasteiger partial charge is 0.368 e. The Morgan fingerprint density at radius 2 is 1.88 bits per heavy atom. The molecule has 0 unspecified atom stereocenters. The van der Waals surface area contributed by atoms with Crippen LogP contribution in [0.5, 0.6) is 0 Å². The molecule has 0 aliphatic heterocycles. The molecule has 1 aromatic heterocycles. The van der Waals surface area contributed by atoms with E-state index < -0.39 is 0 Å². The highest BCUT2D eigenvalue weighted by atomic mass is 16.5. The topological polar surface area (TPSA) is 52.0 Å². The highest BCUT2D eigenvalue weighted by Crippen LogP contribution is 2.27. The first kappa shape index (κ1) is 9.46. The number of nitrogen functional groups attached to an aromatic ring is 1. The van der Waals surface area contributed by atoms with Crippen molar-refractivity contribution in [3.63, 3.8) is 0 Å². The summed E-state index contributed by atoms with van der Waals surface area (Å²) in [5.74, 6) is 0.368. The van der Waals surface area contributed by atoms with Gasteiger partial charge >= 0.3 is 0 Å². The molecule has 0 amide bonds. The van der Waals surface area contributed by atoms with Gasteiger partial charge in [0.15, 0.2) is 0 Å². The Morgan fingerprint density at radius 3 is 2.62 bits per heavy atom. The molecule has 3 rings (SSSR count). The van der Waals surface area contributed by atoms with Crippen LogP contribution in [0.2, 0.25) is 0 Å². The van der Waals surface area contributed by atoms with E-state index in [4.69, 9.17) is 10.3 Å². The van der Waals surface area contributed by atoms with Crippen LogP contribution >= 0.6 is 0 Å². The lowest BCUT2D eigenvalue weighted by Gasteiger charge is -2.15. The number of anilines is 1. The maximum atomic E-state index is 5.52. The average molecular weight is 214 g/mol. The summed E-state index contributed by atoms with van der Waals surface area (Å²) in [4.78, 5) is 0. The van der Waals surface area contributed by atoms with Gasteiger partial charge in [-0.15, -0.1) is 0 Å². The lowest BCUT2D eigenvalue weighted by atomic mass is 9.90. The average Bonchev–Trinajstić information content (AvgIpc) is 2.75. The summed E-state index contributed by atoms with van der Waals surface area (Å²) >= 11 is 0. The molecule has 3 heteroatoms. The van der Waals surface area contributed by atoms with Gasteiger partial charge in [-0.25, -0.2) is 0 Å². The fourth-order valence-corrected chi connectivity index (χ4v) is 2.32. The summed E-state index contributed by atoms with van der Waals surface area (Å²) in [6.45, 7) is 0. The van der Waals surface area contributed by atoms with Crippen LogP contribution in [0.3, 0.4) is 0 Å². The first-order chi connectivity index (χ1) is 7.83. The highest BCUT2D eigenvalue weighted by Gasteiger charge is 2.11. The third kappa shape index (κ3) is 1.58. The van der Waals surface area contributed by atoms with Crippen molar-refractivity contribution in [3.8, 4) is 11.3 Å². The number of hydrogen-bond donors (Lipinski definition) is 1. The van der Waals surface area contributed by atoms with Crippen molar-refractivity contribution in [1.82, 2.24) is 5.16 Å². The molecule has 1 aliphatic rings. The van der Waals surface area contributed by atoms with E-state index in [1.165, 1.54) is 36.8 Å². The summed E-state index contributed by atoms with van der Waals surface area (Å²) in [5, 5.41) is 3.93. The minimum Gasteiger partial charge on any atom is -0.368 e. The van der Waals surface area contributed by atoms with Crippen molar-refractivity contribution in [2.24, 2.45) is 0 Å². The Morgan fingerprint density at radius 1 is 1.06 bits per heavy atom. The van der Waals surface area contributed by atoms with E-state index in [0.29, 0.717) is 5.88 Å². The van der Waals surface area contributed by atoms with Gasteiger partial charge in [-0.3, -0.25) is 0 Å². The fourth-order valence-electron chi connectivity index (χ4n) is 2.32. The van der Waals surface area contributed by atoms with Gasteiger partial charge in [0, 0.05) is 11.6 Å². The van der Waals surface area contributed by atoms with Crippen molar-refractivity contribution in [2.75, 3.05) is 5.73 Å². The van der Waals surface area contributed by atoms with E-state index >= 15 is 0 Å². The predicted molar refractivity (Wildman–Crippen MR) is 63.0 cm³/mol. The van der Waals surface area contributed by atoms with Crippen molar-refractivity contribution in [1.29, 1.82) is 0 Å². The molecule has 1 heterocycles. The van der Waals surface area contributed by atoms with Gasteiger partial charge in [-0.2, -0.15) is 0 Å². The second kappa shape index (κ2) is 3.67. The normalized spacial score (nSPS) is 14.8. The van der Waals surface area contributed by atoms with Crippen molar-refractivity contribution in [3.05, 3.63) is 35.4 Å². The van der Waals surface area contributed by atoms with Gasteiger partial charge in [-0.1, -0.05) is 17.3 Å². The molecule has 0 atom stereocenters. The zero-order valence-electron chi connectivity index (χ0n) is 9.07. The Hall–Kier alpha value is -1.77. The van der Waals surface area contributed by atoms with Gasteiger partial charge < -0.3 is 10.3 Å². The fraction of sp³-hybridized carbons (Fsp3) is 0.308. The summed E-state index contributed by atoms with van der Waals surface area (Å²) in [5.41, 5.74) is 10.4. The molecule has 0 spiro atoms. The summed E-state index contributed by atoms with van der Waals surface area (Å²) in [6, 6.07) is 8.28. The number of aromatic nitrogens is 1. The number of benzene rings is 1. The van der Waals surface area contributed by atoms with Crippen LogP contribution in [0, 0.1) is 0 Å². The zero-order chi connectivity index (χ0) is 11.0. The third-order valence-electron chi connectivity index (χ3n) is 3.17. The third-order valence-corrected chi connectivity index (χ3v) is 3.17. The van der Waals surface area contributed by atoms with Crippen LogP contribution < -0.4 is 5.73 Å². The Balaban J connectivity index is 2.02. The van der Waals surface area contributed by atoms with Crippen LogP contribution in [0.1, 0.15) is 24.0 Å². The van der Waals surface area contributed by atoms with Gasteiger partial charge in [-0.05, 0) is 42.9 Å². The van der Waals surface area contributed by atoms with E-state index in [0.717, 1.165) is 11.3 Å². The van der Waals surface area contributed by atoms with Crippen molar-refractivity contribution < 1.29 is 4.52 Å². The van der Waals surface area contributed by atoms with Gasteiger partial charge in [0.2, 0.25) is 5.88 Å². The van der Waals surface area contributed by atoms with Crippen LogP contribution in [0.4, 0.5) is 5.88 Å². The molecule has 2 aromatic rings. The zero-order valence-corrected chi connectivity index (χ0v) is 9.07. The molecule has 0 bridgehead atoms. The van der Waals surface area contributed by atoms with E-state index in [9.17, 15) is 0 Å². The standard InChI is InChI=1S/C13H14N2O/c14-13-8-12(15-16-13)11-6-5-9-3-1-2-4-10(9)7-11/h5-8H,1-4,14H2. The maximum absolute atomic E-state index is 5.52. The molecule has 16 heavy (non-hydrogen) atoms. The second-order valence-electron chi connectivity index (χ2n) is 4.31. The molecule has 3 nitrogen and oxygen atoms in total. The van der Waals surface area contributed by atoms with Crippen LogP contribution in [0.15, 0.2) is 28.8 Å². The SMILES string of the molecule is Nc1cc(-c2ccc3c(c2)CCCC3)no1. The Labute approximate surface area is 94.2 Å². The molecule has 0 saturated carbocycles. The number of nitrogens with zero attached hydrogens (tertiary/aromatic N) is 1.